The predicted molar refractivity (Wildman–Crippen MR) is 108 cm³/mol. The zero-order valence-electron chi connectivity index (χ0n) is 16.7. The van der Waals surface area contributed by atoms with Gasteiger partial charge >= 0.3 is 6.03 Å². The van der Waals surface area contributed by atoms with E-state index < -0.39 is 0 Å². The monoisotopic (exact) mass is 386 g/mol. The van der Waals surface area contributed by atoms with Crippen molar-refractivity contribution in [3.05, 3.63) is 29.8 Å². The maximum Gasteiger partial charge on any atom is 0.321 e. The lowest BCUT2D eigenvalue weighted by Crippen LogP contribution is -2.44. The van der Waals surface area contributed by atoms with Crippen molar-refractivity contribution in [2.45, 2.75) is 32.6 Å². The Morgan fingerprint density at radius 2 is 1.46 bits per heavy atom. The number of piperidine rings is 2. The fourth-order valence-corrected chi connectivity index (χ4v) is 3.84. The van der Waals surface area contributed by atoms with Crippen LogP contribution in [0.3, 0.4) is 0 Å². The van der Waals surface area contributed by atoms with E-state index in [0.717, 1.165) is 25.9 Å². The summed E-state index contributed by atoms with van der Waals surface area (Å²) in [4.78, 5) is 40.4. The molecule has 0 bridgehead atoms. The number of hydrogen-bond donors (Lipinski definition) is 2. The third-order valence-corrected chi connectivity index (χ3v) is 5.85. The lowest BCUT2D eigenvalue weighted by Gasteiger charge is -2.31. The molecule has 7 heteroatoms. The minimum absolute atomic E-state index is 0.0166. The number of amides is 4. The summed E-state index contributed by atoms with van der Waals surface area (Å²) in [7, 11) is 1.64. The summed E-state index contributed by atoms with van der Waals surface area (Å²) in [6.45, 7) is 4.97. The second-order valence-electron chi connectivity index (χ2n) is 7.86. The van der Waals surface area contributed by atoms with E-state index >= 15 is 0 Å². The Morgan fingerprint density at radius 3 is 2.04 bits per heavy atom. The molecule has 2 aliphatic rings. The van der Waals surface area contributed by atoms with Crippen LogP contribution >= 0.6 is 0 Å². The Balaban J connectivity index is 1.51. The largest absolute Gasteiger partial charge is 0.359 e. The highest BCUT2D eigenvalue weighted by Crippen LogP contribution is 2.20. The summed E-state index contributed by atoms with van der Waals surface area (Å²) < 4.78 is 0. The minimum atomic E-state index is -0.167. The van der Waals surface area contributed by atoms with Crippen LogP contribution in [0.15, 0.2) is 24.3 Å². The first-order valence-electron chi connectivity index (χ1n) is 10.1. The van der Waals surface area contributed by atoms with E-state index in [4.69, 9.17) is 0 Å². The fraction of sp³-hybridized carbons (Fsp3) is 0.571. The van der Waals surface area contributed by atoms with Crippen molar-refractivity contribution in [3.63, 3.8) is 0 Å². The van der Waals surface area contributed by atoms with Crippen LogP contribution in [0.4, 0.5) is 10.5 Å². The van der Waals surface area contributed by atoms with Crippen molar-refractivity contribution < 1.29 is 14.4 Å². The predicted octanol–water partition coefficient (Wildman–Crippen LogP) is 2.55. The first-order chi connectivity index (χ1) is 13.5. The molecule has 1 aromatic carbocycles. The number of benzene rings is 1. The molecule has 3 rings (SSSR count). The molecule has 152 valence electrons. The summed E-state index contributed by atoms with van der Waals surface area (Å²) in [6.07, 6.45) is 3.46. The van der Waals surface area contributed by atoms with Gasteiger partial charge in [-0.1, -0.05) is 6.92 Å². The van der Waals surface area contributed by atoms with Crippen LogP contribution in [0.2, 0.25) is 0 Å². The number of nitrogens with zero attached hydrogens (tertiary/aromatic N) is 2. The van der Waals surface area contributed by atoms with Gasteiger partial charge in [0.05, 0.1) is 0 Å². The van der Waals surface area contributed by atoms with Gasteiger partial charge in [-0.25, -0.2) is 4.79 Å². The minimum Gasteiger partial charge on any atom is -0.359 e. The quantitative estimate of drug-likeness (QED) is 0.838. The molecule has 4 amide bonds. The third kappa shape index (κ3) is 4.82. The molecule has 2 N–H and O–H groups in total. The number of likely N-dealkylation sites (tertiary alicyclic amines) is 2. The fourth-order valence-electron chi connectivity index (χ4n) is 3.84. The zero-order valence-corrected chi connectivity index (χ0v) is 16.7. The van der Waals surface area contributed by atoms with E-state index in [2.05, 4.69) is 17.6 Å². The number of rotatable bonds is 3. The van der Waals surface area contributed by atoms with Gasteiger partial charge in [0.1, 0.15) is 0 Å². The Bertz CT molecular complexity index is 703. The Labute approximate surface area is 166 Å². The lowest BCUT2D eigenvalue weighted by atomic mass is 9.96. The normalized spacial score (nSPS) is 18.6. The van der Waals surface area contributed by atoms with Crippen LogP contribution in [0.1, 0.15) is 43.0 Å². The van der Waals surface area contributed by atoms with E-state index in [0.29, 0.717) is 43.1 Å². The summed E-state index contributed by atoms with van der Waals surface area (Å²) in [5.74, 6) is 0.768. The van der Waals surface area contributed by atoms with E-state index in [1.807, 2.05) is 4.90 Å². The molecule has 2 heterocycles. The smallest absolute Gasteiger partial charge is 0.321 e. The highest BCUT2D eigenvalue weighted by Gasteiger charge is 2.27. The van der Waals surface area contributed by atoms with Crippen LogP contribution < -0.4 is 10.6 Å². The van der Waals surface area contributed by atoms with Crippen LogP contribution in [0, 0.1) is 11.8 Å². The summed E-state index contributed by atoms with van der Waals surface area (Å²) in [6, 6.07) is 6.92. The van der Waals surface area contributed by atoms with Gasteiger partial charge < -0.3 is 20.4 Å². The second-order valence-corrected chi connectivity index (χ2v) is 7.86. The summed E-state index contributed by atoms with van der Waals surface area (Å²) >= 11 is 0. The zero-order chi connectivity index (χ0) is 20.1. The first-order valence-corrected chi connectivity index (χ1v) is 10.1. The molecule has 2 saturated heterocycles. The SMILES string of the molecule is CNC(=O)C1CCN(C(=O)Nc2ccc(C(=O)N3CCC(C)CC3)cc2)CC1. The molecule has 2 fully saturated rings. The molecule has 0 saturated carbocycles. The van der Waals surface area contributed by atoms with Crippen molar-refractivity contribution >= 4 is 23.5 Å². The van der Waals surface area contributed by atoms with Gasteiger partial charge in [0.2, 0.25) is 5.91 Å². The number of carbonyl (C=O) groups is 3. The Hall–Kier alpha value is -2.57. The molecule has 0 aliphatic carbocycles. The average Bonchev–Trinajstić information content (AvgIpc) is 2.74. The molecule has 0 unspecified atom stereocenters. The van der Waals surface area contributed by atoms with Gasteiger partial charge in [0, 0.05) is 50.4 Å². The summed E-state index contributed by atoms with van der Waals surface area (Å²) in [5, 5.41) is 5.55. The molecular formula is C21H30N4O3. The lowest BCUT2D eigenvalue weighted by molar-refractivity contribution is -0.125. The molecule has 0 atom stereocenters. The van der Waals surface area contributed by atoms with Gasteiger partial charge in [-0.05, 0) is 55.9 Å². The number of anilines is 1. The molecule has 2 aliphatic heterocycles. The van der Waals surface area contributed by atoms with Gasteiger partial charge in [-0.3, -0.25) is 9.59 Å². The standard InChI is InChI=1S/C21H30N4O3/c1-15-7-11-24(12-8-15)20(27)17-3-5-18(6-4-17)23-21(28)25-13-9-16(10-14-25)19(26)22-2/h3-6,15-16H,7-14H2,1-2H3,(H,22,26)(H,23,28). The van der Waals surface area contributed by atoms with Gasteiger partial charge in [0.25, 0.3) is 5.91 Å². The topological polar surface area (TPSA) is 81.8 Å². The van der Waals surface area contributed by atoms with E-state index in [-0.39, 0.29) is 23.8 Å². The van der Waals surface area contributed by atoms with Crippen molar-refractivity contribution in [1.82, 2.24) is 15.1 Å². The van der Waals surface area contributed by atoms with E-state index in [9.17, 15) is 14.4 Å². The maximum atomic E-state index is 12.6. The van der Waals surface area contributed by atoms with Crippen LogP contribution in [0.5, 0.6) is 0 Å². The highest BCUT2D eigenvalue weighted by molar-refractivity contribution is 5.95. The van der Waals surface area contributed by atoms with Gasteiger partial charge in [-0.2, -0.15) is 0 Å². The molecule has 0 aromatic heterocycles. The Morgan fingerprint density at radius 1 is 0.893 bits per heavy atom. The molecule has 7 nitrogen and oxygen atoms in total. The van der Waals surface area contributed by atoms with E-state index in [1.54, 1.807) is 36.2 Å². The average molecular weight is 386 g/mol. The molecule has 0 spiro atoms. The number of carbonyl (C=O) groups excluding carboxylic acids is 3. The molecule has 0 radical (unpaired) electrons. The van der Waals surface area contributed by atoms with Crippen molar-refractivity contribution in [3.8, 4) is 0 Å². The van der Waals surface area contributed by atoms with Crippen LogP contribution in [-0.2, 0) is 4.79 Å². The third-order valence-electron chi connectivity index (χ3n) is 5.85. The Kier molecular flexibility index (Phi) is 6.54. The molecule has 28 heavy (non-hydrogen) atoms. The van der Waals surface area contributed by atoms with Gasteiger partial charge in [-0.15, -0.1) is 0 Å². The molecule has 1 aromatic rings. The first kappa shape index (κ1) is 20.2. The highest BCUT2D eigenvalue weighted by atomic mass is 16.2. The van der Waals surface area contributed by atoms with Crippen molar-refractivity contribution in [2.75, 3.05) is 38.5 Å². The van der Waals surface area contributed by atoms with Gasteiger partial charge in [0.15, 0.2) is 0 Å². The van der Waals surface area contributed by atoms with E-state index in [1.165, 1.54) is 0 Å². The summed E-state index contributed by atoms with van der Waals surface area (Å²) in [5.41, 5.74) is 1.32. The number of urea groups is 1. The second kappa shape index (κ2) is 9.08. The maximum absolute atomic E-state index is 12.6. The number of hydrogen-bond acceptors (Lipinski definition) is 3. The molecular weight excluding hydrogens is 356 g/mol. The van der Waals surface area contributed by atoms with Crippen LogP contribution in [0.25, 0.3) is 0 Å². The van der Waals surface area contributed by atoms with Crippen molar-refractivity contribution in [2.24, 2.45) is 11.8 Å². The number of nitrogens with one attached hydrogen (secondary N) is 2. The van der Waals surface area contributed by atoms with Crippen LogP contribution in [-0.4, -0.2) is 60.9 Å². The van der Waals surface area contributed by atoms with Crippen molar-refractivity contribution in [1.29, 1.82) is 0 Å².